The molecule has 100 valence electrons. The van der Waals surface area contributed by atoms with Gasteiger partial charge in [-0.3, -0.25) is 9.89 Å². The third-order valence-corrected chi connectivity index (χ3v) is 3.01. The number of aromatic amines is 1. The molecule has 0 aliphatic rings. The fourth-order valence-electron chi connectivity index (χ4n) is 1.71. The minimum absolute atomic E-state index is 0.147. The first-order valence-electron chi connectivity index (χ1n) is 5.75. The summed E-state index contributed by atoms with van der Waals surface area (Å²) in [6, 6.07) is 4.76. The number of amides is 1. The highest BCUT2D eigenvalue weighted by molar-refractivity contribution is 6.30. The Morgan fingerprint density at radius 2 is 2.32 bits per heavy atom. The normalized spacial score (nSPS) is 11.9. The number of benzene rings is 1. The second kappa shape index (κ2) is 5.75. The van der Waals surface area contributed by atoms with Gasteiger partial charge in [-0.25, -0.2) is 0 Å². The molecule has 0 aliphatic heterocycles. The summed E-state index contributed by atoms with van der Waals surface area (Å²) < 4.78 is 5.16. The lowest BCUT2D eigenvalue weighted by molar-refractivity contribution is 0.0937. The number of nitrogens with one attached hydrogen (secondary N) is 2. The summed E-state index contributed by atoms with van der Waals surface area (Å²) in [5.74, 6) is 0.228. The molecule has 0 spiro atoms. The first-order valence-corrected chi connectivity index (χ1v) is 6.12. The first kappa shape index (κ1) is 13.4. The largest absolute Gasteiger partial charge is 0.496 e. The molecule has 0 saturated heterocycles. The summed E-state index contributed by atoms with van der Waals surface area (Å²) >= 11 is 5.86. The Morgan fingerprint density at radius 1 is 1.53 bits per heavy atom. The van der Waals surface area contributed by atoms with Crippen LogP contribution in [0.5, 0.6) is 5.75 Å². The molecular formula is C13H14ClN3O2. The van der Waals surface area contributed by atoms with Gasteiger partial charge in [-0.1, -0.05) is 11.6 Å². The minimum Gasteiger partial charge on any atom is -0.496 e. The fourth-order valence-corrected chi connectivity index (χ4v) is 1.87. The molecule has 1 aromatic heterocycles. The molecule has 6 heteroatoms. The molecule has 0 aliphatic carbocycles. The standard InChI is InChI=1S/C13H14ClN3O2/c1-8(9-6-15-16-7-9)17-13(18)11-4-3-10(14)5-12(11)19-2/h3-8H,1-2H3,(H,15,16)(H,17,18). The van der Waals surface area contributed by atoms with Gasteiger partial charge < -0.3 is 10.1 Å². The number of ether oxygens (including phenoxy) is 1. The van der Waals surface area contributed by atoms with Crippen LogP contribution in [0.1, 0.15) is 28.9 Å². The zero-order chi connectivity index (χ0) is 13.8. The van der Waals surface area contributed by atoms with Crippen LogP contribution in [0, 0.1) is 0 Å². The smallest absolute Gasteiger partial charge is 0.255 e. The van der Waals surface area contributed by atoms with E-state index in [4.69, 9.17) is 16.3 Å². The van der Waals surface area contributed by atoms with Crippen molar-refractivity contribution in [3.05, 3.63) is 46.7 Å². The van der Waals surface area contributed by atoms with Crippen molar-refractivity contribution in [1.29, 1.82) is 0 Å². The summed E-state index contributed by atoms with van der Waals surface area (Å²) in [7, 11) is 1.50. The number of hydrogen-bond acceptors (Lipinski definition) is 3. The predicted molar refractivity (Wildman–Crippen MR) is 72.5 cm³/mol. The molecule has 0 bridgehead atoms. The molecule has 1 aromatic carbocycles. The van der Waals surface area contributed by atoms with Crippen LogP contribution < -0.4 is 10.1 Å². The maximum absolute atomic E-state index is 12.2. The molecule has 2 aromatic rings. The van der Waals surface area contributed by atoms with E-state index in [9.17, 15) is 4.79 Å². The molecule has 0 fully saturated rings. The summed E-state index contributed by atoms with van der Waals surface area (Å²) in [5.41, 5.74) is 1.35. The number of aromatic nitrogens is 2. The fraction of sp³-hybridized carbons (Fsp3) is 0.231. The van der Waals surface area contributed by atoms with Crippen molar-refractivity contribution in [3.63, 3.8) is 0 Å². The van der Waals surface area contributed by atoms with Crippen molar-refractivity contribution < 1.29 is 9.53 Å². The molecule has 1 heterocycles. The van der Waals surface area contributed by atoms with Crippen LogP contribution in [-0.4, -0.2) is 23.2 Å². The van der Waals surface area contributed by atoms with Gasteiger partial charge in [0.2, 0.25) is 0 Å². The number of carbonyl (C=O) groups is 1. The Bertz CT molecular complexity index is 569. The van der Waals surface area contributed by atoms with Crippen molar-refractivity contribution in [1.82, 2.24) is 15.5 Å². The van der Waals surface area contributed by atoms with Crippen LogP contribution in [-0.2, 0) is 0 Å². The SMILES string of the molecule is COc1cc(Cl)ccc1C(=O)NC(C)c1cn[nH]c1. The molecule has 1 atom stereocenters. The van der Waals surface area contributed by atoms with Gasteiger partial charge in [0.05, 0.1) is 24.9 Å². The maximum Gasteiger partial charge on any atom is 0.255 e. The number of hydrogen-bond donors (Lipinski definition) is 2. The van der Waals surface area contributed by atoms with Crippen molar-refractivity contribution in [2.24, 2.45) is 0 Å². The minimum atomic E-state index is -0.220. The number of nitrogens with zero attached hydrogens (tertiary/aromatic N) is 1. The molecule has 2 N–H and O–H groups in total. The third-order valence-electron chi connectivity index (χ3n) is 2.78. The summed E-state index contributed by atoms with van der Waals surface area (Å²) in [4.78, 5) is 12.2. The summed E-state index contributed by atoms with van der Waals surface area (Å²) in [6.45, 7) is 1.88. The van der Waals surface area contributed by atoms with Crippen LogP contribution in [0.3, 0.4) is 0 Å². The monoisotopic (exact) mass is 279 g/mol. The van der Waals surface area contributed by atoms with Gasteiger partial charge in [0.1, 0.15) is 5.75 Å². The van der Waals surface area contributed by atoms with E-state index in [1.807, 2.05) is 6.92 Å². The Hall–Kier alpha value is -2.01. The highest BCUT2D eigenvalue weighted by Gasteiger charge is 2.16. The average molecular weight is 280 g/mol. The quantitative estimate of drug-likeness (QED) is 0.904. The highest BCUT2D eigenvalue weighted by atomic mass is 35.5. The molecule has 0 saturated carbocycles. The lowest BCUT2D eigenvalue weighted by Gasteiger charge is -2.14. The number of carbonyl (C=O) groups excluding carboxylic acids is 1. The van der Waals surface area contributed by atoms with Gasteiger partial charge in [0, 0.05) is 16.8 Å². The molecule has 5 nitrogen and oxygen atoms in total. The van der Waals surface area contributed by atoms with E-state index < -0.39 is 0 Å². The van der Waals surface area contributed by atoms with E-state index in [1.54, 1.807) is 30.6 Å². The van der Waals surface area contributed by atoms with Crippen LogP contribution in [0.4, 0.5) is 0 Å². The van der Waals surface area contributed by atoms with Crippen LogP contribution in [0.25, 0.3) is 0 Å². The van der Waals surface area contributed by atoms with E-state index in [0.29, 0.717) is 16.3 Å². The molecule has 1 amide bonds. The van der Waals surface area contributed by atoms with Crippen molar-refractivity contribution in [3.8, 4) is 5.75 Å². The Balaban J connectivity index is 2.16. The van der Waals surface area contributed by atoms with E-state index >= 15 is 0 Å². The second-order valence-corrected chi connectivity index (χ2v) is 4.51. The predicted octanol–water partition coefficient (Wildman–Crippen LogP) is 2.56. The van der Waals surface area contributed by atoms with Crippen LogP contribution in [0.2, 0.25) is 5.02 Å². The van der Waals surface area contributed by atoms with E-state index in [1.165, 1.54) is 7.11 Å². The summed E-state index contributed by atoms with van der Waals surface area (Å²) in [5, 5.41) is 9.96. The zero-order valence-electron chi connectivity index (χ0n) is 10.6. The van der Waals surface area contributed by atoms with Crippen molar-refractivity contribution in [2.75, 3.05) is 7.11 Å². The lowest BCUT2D eigenvalue weighted by Crippen LogP contribution is -2.26. The van der Waals surface area contributed by atoms with E-state index in [-0.39, 0.29) is 11.9 Å². The van der Waals surface area contributed by atoms with Gasteiger partial charge in [0.25, 0.3) is 5.91 Å². The van der Waals surface area contributed by atoms with Crippen LogP contribution >= 0.6 is 11.6 Å². The van der Waals surface area contributed by atoms with Gasteiger partial charge in [-0.2, -0.15) is 5.10 Å². The second-order valence-electron chi connectivity index (χ2n) is 4.07. The Kier molecular flexibility index (Phi) is 4.06. The van der Waals surface area contributed by atoms with Crippen LogP contribution in [0.15, 0.2) is 30.6 Å². The third kappa shape index (κ3) is 3.06. The molecule has 19 heavy (non-hydrogen) atoms. The van der Waals surface area contributed by atoms with Gasteiger partial charge in [-0.15, -0.1) is 0 Å². The molecular weight excluding hydrogens is 266 g/mol. The zero-order valence-corrected chi connectivity index (χ0v) is 11.4. The molecule has 0 radical (unpaired) electrons. The highest BCUT2D eigenvalue weighted by Crippen LogP contribution is 2.23. The van der Waals surface area contributed by atoms with Crippen molar-refractivity contribution in [2.45, 2.75) is 13.0 Å². The number of rotatable bonds is 4. The molecule has 2 rings (SSSR count). The maximum atomic E-state index is 12.2. The average Bonchev–Trinajstić information content (AvgIpc) is 2.92. The first-order chi connectivity index (χ1) is 9.11. The van der Waals surface area contributed by atoms with E-state index in [0.717, 1.165) is 5.56 Å². The van der Waals surface area contributed by atoms with E-state index in [2.05, 4.69) is 15.5 Å². The van der Waals surface area contributed by atoms with Crippen molar-refractivity contribution >= 4 is 17.5 Å². The van der Waals surface area contributed by atoms with Gasteiger partial charge >= 0.3 is 0 Å². The summed E-state index contributed by atoms with van der Waals surface area (Å²) in [6.07, 6.45) is 3.41. The Labute approximate surface area is 115 Å². The van der Waals surface area contributed by atoms with Gasteiger partial charge in [0.15, 0.2) is 0 Å². The van der Waals surface area contributed by atoms with Gasteiger partial charge in [-0.05, 0) is 25.1 Å². The number of H-pyrrole nitrogens is 1. The topological polar surface area (TPSA) is 67.0 Å². The molecule has 1 unspecified atom stereocenters. The number of halogens is 1. The number of methoxy groups -OCH3 is 1. The Morgan fingerprint density at radius 3 is 2.95 bits per heavy atom. The lowest BCUT2D eigenvalue weighted by atomic mass is 10.1.